The molecule has 0 radical (unpaired) electrons. The van der Waals surface area contributed by atoms with Crippen LogP contribution in [0.25, 0.3) is 32.9 Å². The number of carbonyl (C=O) groups is 1. The lowest BCUT2D eigenvalue weighted by Crippen LogP contribution is -2.14. The monoisotopic (exact) mass is 472 g/mol. The molecule has 0 aliphatic carbocycles. The van der Waals surface area contributed by atoms with Crippen molar-refractivity contribution in [2.75, 3.05) is 12.4 Å². The van der Waals surface area contributed by atoms with Crippen LogP contribution in [-0.2, 0) is 0 Å². The number of ether oxygens (including phenoxy) is 1. The van der Waals surface area contributed by atoms with Crippen molar-refractivity contribution in [3.63, 3.8) is 0 Å². The molecule has 0 aliphatic rings. The third-order valence-electron chi connectivity index (χ3n) is 5.17. The van der Waals surface area contributed by atoms with Crippen molar-refractivity contribution in [1.29, 1.82) is 0 Å². The van der Waals surface area contributed by atoms with Gasteiger partial charge in [0.05, 0.1) is 30.8 Å². The van der Waals surface area contributed by atoms with Crippen LogP contribution in [0.5, 0.6) is 5.75 Å². The van der Waals surface area contributed by atoms with Crippen molar-refractivity contribution in [1.82, 2.24) is 24.9 Å². The maximum absolute atomic E-state index is 13.3. The molecule has 0 aromatic carbocycles. The SMILES string of the molecule is COc1cnc(C)cc1-c1cc(C)ncc1C(=O)Nc1nc2ncc(-c3coc(C)c3)nc2s1. The number of fused-ring (bicyclic) bond motifs is 1. The number of aromatic nitrogens is 5. The summed E-state index contributed by atoms with van der Waals surface area (Å²) in [6, 6.07) is 5.63. The highest BCUT2D eigenvalue weighted by molar-refractivity contribution is 7.21. The Balaban J connectivity index is 1.49. The molecule has 9 nitrogen and oxygen atoms in total. The van der Waals surface area contributed by atoms with Crippen molar-refractivity contribution in [2.24, 2.45) is 0 Å². The molecule has 0 bridgehead atoms. The van der Waals surface area contributed by atoms with E-state index < -0.39 is 0 Å². The number of aryl methyl sites for hydroxylation is 3. The van der Waals surface area contributed by atoms with Gasteiger partial charge in [-0.2, -0.15) is 4.98 Å². The van der Waals surface area contributed by atoms with Crippen LogP contribution in [0, 0.1) is 20.8 Å². The number of pyridine rings is 2. The normalized spacial score (nSPS) is 11.1. The molecule has 0 fully saturated rings. The molecular formula is C24H20N6O3S. The molecule has 5 aromatic heterocycles. The van der Waals surface area contributed by atoms with Gasteiger partial charge in [-0.1, -0.05) is 11.3 Å². The van der Waals surface area contributed by atoms with E-state index >= 15 is 0 Å². The first kappa shape index (κ1) is 21.7. The highest BCUT2D eigenvalue weighted by atomic mass is 32.1. The zero-order valence-corrected chi connectivity index (χ0v) is 19.7. The van der Waals surface area contributed by atoms with Crippen LogP contribution >= 0.6 is 11.3 Å². The molecule has 0 saturated heterocycles. The number of hydrogen-bond donors (Lipinski definition) is 1. The molecule has 34 heavy (non-hydrogen) atoms. The molecule has 1 N–H and O–H groups in total. The molecule has 0 spiro atoms. The lowest BCUT2D eigenvalue weighted by Gasteiger charge is -2.13. The summed E-state index contributed by atoms with van der Waals surface area (Å²) in [4.78, 5) is 35.9. The number of furan rings is 1. The predicted molar refractivity (Wildman–Crippen MR) is 129 cm³/mol. The minimum atomic E-state index is -0.344. The van der Waals surface area contributed by atoms with Gasteiger partial charge in [0.2, 0.25) is 0 Å². The first-order valence-corrected chi connectivity index (χ1v) is 11.2. The Labute approximate surface area is 198 Å². The van der Waals surface area contributed by atoms with Gasteiger partial charge >= 0.3 is 0 Å². The molecule has 0 saturated carbocycles. The van der Waals surface area contributed by atoms with Crippen LogP contribution in [0.4, 0.5) is 5.13 Å². The summed E-state index contributed by atoms with van der Waals surface area (Å²) in [6.07, 6.45) is 6.47. The predicted octanol–water partition coefficient (Wildman–Crippen LogP) is 4.99. The summed E-state index contributed by atoms with van der Waals surface area (Å²) in [5, 5.41) is 3.26. The molecular weight excluding hydrogens is 452 g/mol. The Morgan fingerprint density at radius 1 is 0.971 bits per heavy atom. The summed E-state index contributed by atoms with van der Waals surface area (Å²) in [6.45, 7) is 5.62. The van der Waals surface area contributed by atoms with Crippen molar-refractivity contribution < 1.29 is 13.9 Å². The Hall–Kier alpha value is -4.18. The molecule has 0 aliphatic heterocycles. The smallest absolute Gasteiger partial charge is 0.259 e. The Morgan fingerprint density at radius 3 is 2.47 bits per heavy atom. The largest absolute Gasteiger partial charge is 0.494 e. The number of thiazole rings is 1. The van der Waals surface area contributed by atoms with E-state index in [1.165, 1.54) is 11.3 Å². The first-order chi connectivity index (χ1) is 16.4. The third kappa shape index (κ3) is 4.11. The summed E-state index contributed by atoms with van der Waals surface area (Å²) in [5.41, 5.74) is 5.41. The van der Waals surface area contributed by atoms with Gasteiger partial charge in [-0.15, -0.1) is 0 Å². The number of methoxy groups -OCH3 is 1. The maximum atomic E-state index is 13.3. The van der Waals surface area contributed by atoms with E-state index in [1.54, 1.807) is 32.0 Å². The average Bonchev–Trinajstić information content (AvgIpc) is 3.43. The summed E-state index contributed by atoms with van der Waals surface area (Å²) < 4.78 is 10.9. The van der Waals surface area contributed by atoms with E-state index in [-0.39, 0.29) is 5.91 Å². The van der Waals surface area contributed by atoms with Gasteiger partial charge in [-0.25, -0.2) is 9.97 Å². The van der Waals surface area contributed by atoms with Gasteiger partial charge in [0.1, 0.15) is 17.8 Å². The number of amides is 1. The Morgan fingerprint density at radius 2 is 1.74 bits per heavy atom. The van der Waals surface area contributed by atoms with Gasteiger partial charge in [-0.05, 0) is 39.0 Å². The second kappa shape index (κ2) is 8.64. The zero-order chi connectivity index (χ0) is 23.8. The standard InChI is InChI=1S/C24H20N6O3S/c1-12-5-16(17-6-13(2)26-10-20(17)32-4)18(8-25-12)22(31)30-24-29-21-23(34-24)28-19(9-27-21)15-7-14(3)33-11-15/h5-11H,1-4H3,(H,27,29,30,31). The maximum Gasteiger partial charge on any atom is 0.259 e. The fourth-order valence-corrected chi connectivity index (χ4v) is 4.33. The van der Waals surface area contributed by atoms with Crippen LogP contribution in [0.3, 0.4) is 0 Å². The van der Waals surface area contributed by atoms with Crippen molar-refractivity contribution in [2.45, 2.75) is 20.8 Å². The Bertz CT molecular complexity index is 1540. The number of nitrogens with one attached hydrogen (secondary N) is 1. The molecule has 5 heterocycles. The van der Waals surface area contributed by atoms with Crippen molar-refractivity contribution in [3.8, 4) is 28.1 Å². The summed E-state index contributed by atoms with van der Waals surface area (Å²) in [5.74, 6) is 1.02. The summed E-state index contributed by atoms with van der Waals surface area (Å²) in [7, 11) is 1.57. The van der Waals surface area contributed by atoms with E-state index in [0.29, 0.717) is 38.2 Å². The molecule has 5 aromatic rings. The van der Waals surface area contributed by atoms with Crippen LogP contribution in [0.2, 0.25) is 0 Å². The van der Waals surface area contributed by atoms with Gasteiger partial charge in [0.15, 0.2) is 15.6 Å². The summed E-state index contributed by atoms with van der Waals surface area (Å²) >= 11 is 1.25. The molecule has 0 unspecified atom stereocenters. The highest BCUT2D eigenvalue weighted by Crippen LogP contribution is 2.33. The number of nitrogens with zero attached hydrogens (tertiary/aromatic N) is 5. The van der Waals surface area contributed by atoms with E-state index in [4.69, 9.17) is 9.15 Å². The second-order valence-electron chi connectivity index (χ2n) is 7.70. The van der Waals surface area contributed by atoms with Gasteiger partial charge in [-0.3, -0.25) is 20.1 Å². The van der Waals surface area contributed by atoms with Crippen LogP contribution in [0.15, 0.2) is 47.5 Å². The number of anilines is 1. The molecule has 1 amide bonds. The third-order valence-corrected chi connectivity index (χ3v) is 6.02. The van der Waals surface area contributed by atoms with Crippen molar-refractivity contribution in [3.05, 3.63) is 65.8 Å². The number of rotatable bonds is 5. The number of hydrogen-bond acceptors (Lipinski definition) is 9. The van der Waals surface area contributed by atoms with Gasteiger partial charge < -0.3 is 9.15 Å². The van der Waals surface area contributed by atoms with Crippen LogP contribution < -0.4 is 10.1 Å². The Kier molecular flexibility index (Phi) is 5.50. The van der Waals surface area contributed by atoms with E-state index in [1.807, 2.05) is 39.0 Å². The molecule has 0 atom stereocenters. The van der Waals surface area contributed by atoms with Gasteiger partial charge in [0, 0.05) is 34.3 Å². The van der Waals surface area contributed by atoms with E-state index in [9.17, 15) is 4.79 Å². The number of carbonyl (C=O) groups excluding carboxylic acids is 1. The van der Waals surface area contributed by atoms with Crippen LogP contribution in [-0.4, -0.2) is 37.9 Å². The van der Waals surface area contributed by atoms with E-state index in [0.717, 1.165) is 28.3 Å². The fourth-order valence-electron chi connectivity index (χ4n) is 3.54. The minimum Gasteiger partial charge on any atom is -0.494 e. The second-order valence-corrected chi connectivity index (χ2v) is 8.68. The first-order valence-electron chi connectivity index (χ1n) is 10.4. The zero-order valence-electron chi connectivity index (χ0n) is 18.9. The lowest BCUT2D eigenvalue weighted by molar-refractivity contribution is 0.102. The molecule has 10 heteroatoms. The average molecular weight is 473 g/mol. The molecule has 5 rings (SSSR count). The van der Waals surface area contributed by atoms with E-state index in [2.05, 4.69) is 30.2 Å². The van der Waals surface area contributed by atoms with Crippen LogP contribution in [0.1, 0.15) is 27.5 Å². The molecule has 170 valence electrons. The fraction of sp³-hybridized carbons (Fsp3) is 0.167. The highest BCUT2D eigenvalue weighted by Gasteiger charge is 2.19. The topological polar surface area (TPSA) is 116 Å². The minimum absolute atomic E-state index is 0.344. The quantitative estimate of drug-likeness (QED) is 0.380. The lowest BCUT2D eigenvalue weighted by atomic mass is 9.99. The van der Waals surface area contributed by atoms with Crippen molar-refractivity contribution >= 4 is 32.9 Å². The van der Waals surface area contributed by atoms with Gasteiger partial charge in [0.25, 0.3) is 5.91 Å².